The third-order valence-electron chi connectivity index (χ3n) is 2.73. The van der Waals surface area contributed by atoms with Gasteiger partial charge >= 0.3 is 0 Å². The monoisotopic (exact) mass is 233 g/mol. The first-order valence-corrected chi connectivity index (χ1v) is 5.97. The van der Waals surface area contributed by atoms with E-state index in [-0.39, 0.29) is 5.41 Å². The minimum absolute atomic E-state index is 0.223. The Morgan fingerprint density at radius 1 is 1.24 bits per heavy atom. The lowest BCUT2D eigenvalue weighted by Gasteiger charge is -2.19. The molecule has 0 aromatic heterocycles. The third-order valence-corrected chi connectivity index (χ3v) is 2.73. The van der Waals surface area contributed by atoms with E-state index in [1.54, 1.807) is 7.11 Å². The van der Waals surface area contributed by atoms with Gasteiger partial charge in [-0.3, -0.25) is 10.3 Å². The highest BCUT2D eigenvalue weighted by Gasteiger charge is 2.12. The maximum Gasteiger partial charge on any atom is 0.0636 e. The molecule has 0 bridgehead atoms. The fraction of sp³-hybridized carbons (Fsp3) is 0.467. The van der Waals surface area contributed by atoms with Crippen LogP contribution >= 0.6 is 0 Å². The molecule has 0 heterocycles. The van der Waals surface area contributed by atoms with Crippen LogP contribution in [0.15, 0.2) is 36.0 Å². The van der Waals surface area contributed by atoms with Crippen molar-refractivity contribution in [1.82, 2.24) is 5.48 Å². The number of hydrogen-bond acceptors (Lipinski definition) is 2. The van der Waals surface area contributed by atoms with Gasteiger partial charge in [-0.15, -0.1) is 0 Å². The predicted molar refractivity (Wildman–Crippen MR) is 72.7 cm³/mol. The fourth-order valence-electron chi connectivity index (χ4n) is 1.66. The molecular formula is C15H23NO. The van der Waals surface area contributed by atoms with E-state index in [0.717, 1.165) is 6.42 Å². The van der Waals surface area contributed by atoms with E-state index >= 15 is 0 Å². The van der Waals surface area contributed by atoms with Crippen LogP contribution in [0.1, 0.15) is 38.8 Å². The van der Waals surface area contributed by atoms with Crippen molar-refractivity contribution in [3.63, 3.8) is 0 Å². The molecule has 0 atom stereocenters. The van der Waals surface area contributed by atoms with Crippen LogP contribution in [0, 0.1) is 0 Å². The number of nitrogens with one attached hydrogen (secondary N) is 1. The maximum absolute atomic E-state index is 4.79. The molecule has 17 heavy (non-hydrogen) atoms. The van der Waals surface area contributed by atoms with Gasteiger partial charge in [-0.2, -0.15) is 0 Å². The van der Waals surface area contributed by atoms with E-state index in [1.807, 2.05) is 6.20 Å². The Morgan fingerprint density at radius 2 is 1.82 bits per heavy atom. The smallest absolute Gasteiger partial charge is 0.0636 e. The molecule has 0 aliphatic carbocycles. The van der Waals surface area contributed by atoms with Crippen molar-refractivity contribution in [3.8, 4) is 0 Å². The molecule has 2 nitrogen and oxygen atoms in total. The minimum atomic E-state index is 0.223. The normalized spacial score (nSPS) is 12.6. The summed E-state index contributed by atoms with van der Waals surface area (Å²) >= 11 is 0. The standard InChI is InChI=1S/C15H23NO/c1-12(11-16-17-5)10-13-6-8-14(9-7-13)15(2,3)4/h6-9,11,16H,10H2,1-5H3. The molecule has 1 aromatic rings. The highest BCUT2D eigenvalue weighted by molar-refractivity contribution is 5.29. The zero-order valence-corrected chi connectivity index (χ0v) is 11.5. The Bertz CT molecular complexity index is 371. The number of allylic oxidation sites excluding steroid dienone is 1. The van der Waals surface area contributed by atoms with E-state index in [1.165, 1.54) is 16.7 Å². The van der Waals surface area contributed by atoms with E-state index in [9.17, 15) is 0 Å². The van der Waals surface area contributed by atoms with Gasteiger partial charge in [0.25, 0.3) is 0 Å². The molecule has 0 aliphatic rings. The van der Waals surface area contributed by atoms with Crippen LogP contribution in [0.2, 0.25) is 0 Å². The Labute approximate surface area is 105 Å². The summed E-state index contributed by atoms with van der Waals surface area (Å²) in [7, 11) is 1.61. The molecule has 94 valence electrons. The predicted octanol–water partition coefficient (Wildman–Crippen LogP) is 3.58. The SMILES string of the molecule is CONC=C(C)Cc1ccc(C(C)(C)C)cc1. The molecular weight excluding hydrogens is 210 g/mol. The number of hydrogen-bond donors (Lipinski definition) is 1. The lowest BCUT2D eigenvalue weighted by Crippen LogP contribution is -2.10. The molecule has 0 spiro atoms. The van der Waals surface area contributed by atoms with E-state index < -0.39 is 0 Å². The van der Waals surface area contributed by atoms with Gasteiger partial charge in [0.15, 0.2) is 0 Å². The van der Waals surface area contributed by atoms with Gasteiger partial charge < -0.3 is 0 Å². The zero-order valence-electron chi connectivity index (χ0n) is 11.5. The Kier molecular flexibility index (Phi) is 4.76. The molecule has 0 amide bonds. The quantitative estimate of drug-likeness (QED) is 0.803. The Balaban J connectivity index is 2.69. The zero-order chi connectivity index (χ0) is 12.9. The summed E-state index contributed by atoms with van der Waals surface area (Å²) in [5.41, 5.74) is 6.91. The summed E-state index contributed by atoms with van der Waals surface area (Å²) in [6.07, 6.45) is 2.83. The second-order valence-corrected chi connectivity index (χ2v) is 5.44. The van der Waals surface area contributed by atoms with Gasteiger partial charge in [-0.1, -0.05) is 50.6 Å². The van der Waals surface area contributed by atoms with Gasteiger partial charge in [0.2, 0.25) is 0 Å². The molecule has 1 rings (SSSR count). The number of benzene rings is 1. The van der Waals surface area contributed by atoms with Crippen molar-refractivity contribution in [2.75, 3.05) is 7.11 Å². The van der Waals surface area contributed by atoms with E-state index in [0.29, 0.717) is 0 Å². The molecule has 0 unspecified atom stereocenters. The minimum Gasteiger partial charge on any atom is -0.280 e. The first-order valence-electron chi connectivity index (χ1n) is 5.97. The molecule has 2 heteroatoms. The van der Waals surface area contributed by atoms with Crippen LogP contribution < -0.4 is 5.48 Å². The van der Waals surface area contributed by atoms with Crippen molar-refractivity contribution in [3.05, 3.63) is 47.2 Å². The van der Waals surface area contributed by atoms with Gasteiger partial charge in [0.05, 0.1) is 7.11 Å². The van der Waals surface area contributed by atoms with Crippen LogP contribution in [0.25, 0.3) is 0 Å². The Morgan fingerprint density at radius 3 is 2.29 bits per heavy atom. The highest BCUT2D eigenvalue weighted by atomic mass is 16.6. The average molecular weight is 233 g/mol. The van der Waals surface area contributed by atoms with Crippen molar-refractivity contribution < 1.29 is 4.84 Å². The van der Waals surface area contributed by atoms with Crippen molar-refractivity contribution in [1.29, 1.82) is 0 Å². The van der Waals surface area contributed by atoms with E-state index in [2.05, 4.69) is 57.4 Å². The number of hydroxylamine groups is 1. The first-order chi connectivity index (χ1) is 7.93. The van der Waals surface area contributed by atoms with Gasteiger partial charge in [-0.25, -0.2) is 0 Å². The molecule has 0 fully saturated rings. The summed E-state index contributed by atoms with van der Waals surface area (Å²) < 4.78 is 0. The van der Waals surface area contributed by atoms with Gasteiger partial charge in [-0.05, 0) is 29.9 Å². The van der Waals surface area contributed by atoms with Crippen LogP contribution in [0.3, 0.4) is 0 Å². The van der Waals surface area contributed by atoms with Crippen molar-refractivity contribution in [2.24, 2.45) is 0 Å². The van der Waals surface area contributed by atoms with Crippen molar-refractivity contribution >= 4 is 0 Å². The second-order valence-electron chi connectivity index (χ2n) is 5.44. The lowest BCUT2D eigenvalue weighted by molar-refractivity contribution is 0.127. The summed E-state index contributed by atoms with van der Waals surface area (Å²) in [5.74, 6) is 0. The first kappa shape index (κ1) is 13.8. The summed E-state index contributed by atoms with van der Waals surface area (Å²) in [6.45, 7) is 8.78. The molecule has 0 aliphatic heterocycles. The maximum atomic E-state index is 4.79. The fourth-order valence-corrected chi connectivity index (χ4v) is 1.66. The van der Waals surface area contributed by atoms with Crippen LogP contribution in [0.4, 0.5) is 0 Å². The van der Waals surface area contributed by atoms with Crippen LogP contribution in [0.5, 0.6) is 0 Å². The Hall–Kier alpha value is -1.28. The molecule has 0 saturated carbocycles. The van der Waals surface area contributed by atoms with Crippen LogP contribution in [-0.2, 0) is 16.7 Å². The lowest BCUT2D eigenvalue weighted by atomic mass is 9.86. The van der Waals surface area contributed by atoms with Crippen molar-refractivity contribution in [2.45, 2.75) is 39.5 Å². The molecule has 1 aromatic carbocycles. The summed E-state index contributed by atoms with van der Waals surface area (Å²) in [4.78, 5) is 4.79. The molecule has 0 saturated heterocycles. The topological polar surface area (TPSA) is 21.3 Å². The number of rotatable bonds is 4. The summed E-state index contributed by atoms with van der Waals surface area (Å²) in [5, 5.41) is 0. The van der Waals surface area contributed by atoms with Crippen LogP contribution in [-0.4, -0.2) is 7.11 Å². The second kappa shape index (κ2) is 5.87. The highest BCUT2D eigenvalue weighted by Crippen LogP contribution is 2.22. The molecule has 0 radical (unpaired) electrons. The van der Waals surface area contributed by atoms with Gasteiger partial charge in [0, 0.05) is 6.20 Å². The van der Waals surface area contributed by atoms with E-state index in [4.69, 9.17) is 4.84 Å². The van der Waals surface area contributed by atoms with Gasteiger partial charge in [0.1, 0.15) is 0 Å². The average Bonchev–Trinajstić information content (AvgIpc) is 2.26. The molecule has 1 N–H and O–H groups in total. The summed E-state index contributed by atoms with van der Waals surface area (Å²) in [6, 6.07) is 8.83. The third kappa shape index (κ3) is 4.61. The largest absolute Gasteiger partial charge is 0.280 e.